The van der Waals surface area contributed by atoms with Gasteiger partial charge in [0, 0.05) is 18.5 Å². The van der Waals surface area contributed by atoms with Crippen molar-refractivity contribution < 1.29 is 4.79 Å². The number of anilines is 2. The van der Waals surface area contributed by atoms with Gasteiger partial charge >= 0.3 is 0 Å². The quantitative estimate of drug-likeness (QED) is 0.659. The van der Waals surface area contributed by atoms with Crippen LogP contribution in [0.2, 0.25) is 0 Å². The third kappa shape index (κ3) is 5.13. The lowest BCUT2D eigenvalue weighted by atomic mass is 9.94. The molecule has 0 aliphatic carbocycles. The van der Waals surface area contributed by atoms with Crippen LogP contribution in [0.5, 0.6) is 0 Å². The summed E-state index contributed by atoms with van der Waals surface area (Å²) in [4.78, 5) is 15.0. The van der Waals surface area contributed by atoms with Crippen molar-refractivity contribution in [1.82, 2.24) is 0 Å². The van der Waals surface area contributed by atoms with Crippen LogP contribution in [0.15, 0.2) is 6.07 Å². The smallest absolute Gasteiger partial charge is 0.229 e. The van der Waals surface area contributed by atoms with Gasteiger partial charge in [0.1, 0.15) is 0 Å². The Bertz CT molecular complexity index is 605. The molecule has 1 aliphatic heterocycles. The highest BCUT2D eigenvalue weighted by atomic mass is 35.5. The predicted molar refractivity (Wildman–Crippen MR) is 111 cm³/mol. The monoisotopic (exact) mass is 366 g/mol. The molecule has 0 unspecified atom stereocenters. The van der Waals surface area contributed by atoms with E-state index in [0.717, 1.165) is 25.2 Å². The van der Waals surface area contributed by atoms with Crippen molar-refractivity contribution in [3.05, 3.63) is 22.8 Å². The number of amides is 1. The maximum absolute atomic E-state index is 12.5. The summed E-state index contributed by atoms with van der Waals surface area (Å²) in [6, 6.07) is 2.22. The number of halogens is 1. The minimum atomic E-state index is -0.380. The van der Waals surface area contributed by atoms with E-state index < -0.39 is 0 Å². The molecular weight excluding hydrogens is 332 g/mol. The molecule has 0 spiro atoms. The molecule has 0 aromatic heterocycles. The number of carbonyl (C=O) groups is 1. The Balaban J connectivity index is 0.00000312. The van der Waals surface area contributed by atoms with Crippen LogP contribution in [0, 0.1) is 19.3 Å². The number of nitrogens with zero attached hydrogens (tertiary/aromatic N) is 1. The summed E-state index contributed by atoms with van der Waals surface area (Å²) in [6.45, 7) is 14.6. The van der Waals surface area contributed by atoms with Crippen LogP contribution in [0.1, 0.15) is 70.1 Å². The highest BCUT2D eigenvalue weighted by Crippen LogP contribution is 2.40. The van der Waals surface area contributed by atoms with Gasteiger partial charge in [0.15, 0.2) is 0 Å². The van der Waals surface area contributed by atoms with Crippen molar-refractivity contribution in [1.29, 1.82) is 0 Å². The maximum atomic E-state index is 12.5. The molecule has 1 aromatic rings. The Morgan fingerprint density at radius 2 is 1.84 bits per heavy atom. The van der Waals surface area contributed by atoms with E-state index in [0.29, 0.717) is 0 Å². The van der Waals surface area contributed by atoms with Gasteiger partial charge in [0.25, 0.3) is 0 Å². The first-order valence-electron chi connectivity index (χ1n) is 9.45. The predicted octanol–water partition coefficient (Wildman–Crippen LogP) is 5.65. The molecule has 4 heteroatoms. The molecule has 0 saturated carbocycles. The average molecular weight is 367 g/mol. The molecule has 0 radical (unpaired) electrons. The van der Waals surface area contributed by atoms with Gasteiger partial charge in [0.2, 0.25) is 5.91 Å². The summed E-state index contributed by atoms with van der Waals surface area (Å²) in [6.07, 6.45) is 6.18. The van der Waals surface area contributed by atoms with Crippen molar-refractivity contribution in [2.75, 3.05) is 23.3 Å². The first-order chi connectivity index (χ1) is 11.3. The van der Waals surface area contributed by atoms with E-state index in [4.69, 9.17) is 0 Å². The highest BCUT2D eigenvalue weighted by molar-refractivity contribution is 5.99. The number of carbonyl (C=O) groups excluding carboxylic acids is 1. The topological polar surface area (TPSA) is 32.3 Å². The largest absolute Gasteiger partial charge is 0.369 e. The fourth-order valence-corrected chi connectivity index (χ4v) is 3.44. The van der Waals surface area contributed by atoms with Gasteiger partial charge in [-0.2, -0.15) is 0 Å². The van der Waals surface area contributed by atoms with E-state index in [9.17, 15) is 4.79 Å². The molecule has 1 amide bonds. The summed E-state index contributed by atoms with van der Waals surface area (Å²) in [5, 5.41) is 3.23. The number of rotatable bonds is 6. The van der Waals surface area contributed by atoms with E-state index in [1.54, 1.807) is 0 Å². The molecule has 0 saturated heterocycles. The van der Waals surface area contributed by atoms with Crippen molar-refractivity contribution in [2.24, 2.45) is 5.41 Å². The lowest BCUT2D eigenvalue weighted by Gasteiger charge is -2.26. The van der Waals surface area contributed by atoms with Crippen molar-refractivity contribution >= 4 is 29.7 Å². The van der Waals surface area contributed by atoms with Crippen molar-refractivity contribution in [2.45, 2.75) is 73.6 Å². The molecule has 0 fully saturated rings. The summed E-state index contributed by atoms with van der Waals surface area (Å²) in [5.74, 6) is 0.0921. The van der Waals surface area contributed by atoms with Gasteiger partial charge in [-0.15, -0.1) is 12.4 Å². The second-order valence-corrected chi connectivity index (χ2v) is 8.21. The third-order valence-electron chi connectivity index (χ3n) is 4.98. The Morgan fingerprint density at radius 1 is 1.16 bits per heavy atom. The van der Waals surface area contributed by atoms with Crippen LogP contribution in [0.3, 0.4) is 0 Å². The second-order valence-electron chi connectivity index (χ2n) is 8.21. The molecule has 25 heavy (non-hydrogen) atoms. The number of hydrogen-bond donors (Lipinski definition) is 1. The maximum Gasteiger partial charge on any atom is 0.229 e. The van der Waals surface area contributed by atoms with E-state index in [-0.39, 0.29) is 23.7 Å². The number of aryl methyl sites for hydroxylation is 2. The van der Waals surface area contributed by atoms with Crippen molar-refractivity contribution in [3.63, 3.8) is 0 Å². The van der Waals surface area contributed by atoms with Crippen molar-refractivity contribution in [3.8, 4) is 0 Å². The normalized spacial score (nSPS) is 13.4. The van der Waals surface area contributed by atoms with E-state index in [1.807, 2.05) is 20.8 Å². The first kappa shape index (κ1) is 21.8. The molecule has 1 heterocycles. The van der Waals surface area contributed by atoms with E-state index in [2.05, 4.69) is 37.1 Å². The zero-order chi connectivity index (χ0) is 17.9. The number of hydrogen-bond acceptors (Lipinski definition) is 2. The summed E-state index contributed by atoms with van der Waals surface area (Å²) >= 11 is 0. The van der Waals surface area contributed by atoms with Crippen LogP contribution in [0.4, 0.5) is 11.4 Å². The fourth-order valence-electron chi connectivity index (χ4n) is 3.44. The van der Waals surface area contributed by atoms with Gasteiger partial charge < -0.3 is 10.2 Å². The summed E-state index contributed by atoms with van der Waals surface area (Å²) < 4.78 is 0. The zero-order valence-electron chi connectivity index (χ0n) is 16.8. The molecule has 3 nitrogen and oxygen atoms in total. The number of benzene rings is 1. The Hall–Kier alpha value is -1.22. The Kier molecular flexibility index (Phi) is 7.80. The number of nitrogens with one attached hydrogen (secondary N) is 1. The van der Waals surface area contributed by atoms with E-state index >= 15 is 0 Å². The van der Waals surface area contributed by atoms with E-state index in [1.165, 1.54) is 48.1 Å². The van der Waals surface area contributed by atoms with Crippen LogP contribution in [0.25, 0.3) is 0 Å². The first-order valence-corrected chi connectivity index (χ1v) is 9.45. The molecule has 2 rings (SSSR count). The van der Waals surface area contributed by atoms with Crippen LogP contribution in [-0.2, 0) is 11.2 Å². The van der Waals surface area contributed by atoms with Crippen LogP contribution < -0.4 is 10.2 Å². The third-order valence-corrected chi connectivity index (χ3v) is 4.98. The standard InChI is InChI=1S/C21H34N2O.ClH/c1-7-8-9-10-12-23-13-11-17-15(2)14-16(3)18(19(17)23)22-20(24)21(4,5)6;/h14H,7-13H2,1-6H3,(H,22,24);1H. The van der Waals surface area contributed by atoms with Gasteiger partial charge in [0.05, 0.1) is 11.4 Å². The summed E-state index contributed by atoms with van der Waals surface area (Å²) in [7, 11) is 0. The number of unbranched alkanes of at least 4 members (excludes halogenated alkanes) is 3. The lowest BCUT2D eigenvalue weighted by Crippen LogP contribution is -2.29. The average Bonchev–Trinajstić information content (AvgIpc) is 2.91. The molecule has 1 aromatic carbocycles. The molecule has 0 atom stereocenters. The molecule has 1 N–H and O–H groups in total. The molecule has 1 aliphatic rings. The van der Waals surface area contributed by atoms with Gasteiger partial charge in [-0.25, -0.2) is 0 Å². The van der Waals surface area contributed by atoms with Crippen LogP contribution >= 0.6 is 12.4 Å². The second kappa shape index (κ2) is 8.93. The van der Waals surface area contributed by atoms with Gasteiger partial charge in [-0.1, -0.05) is 53.0 Å². The highest BCUT2D eigenvalue weighted by Gasteiger charge is 2.28. The zero-order valence-corrected chi connectivity index (χ0v) is 17.6. The van der Waals surface area contributed by atoms with Crippen LogP contribution in [-0.4, -0.2) is 19.0 Å². The minimum Gasteiger partial charge on any atom is -0.369 e. The van der Waals surface area contributed by atoms with Gasteiger partial charge in [-0.3, -0.25) is 4.79 Å². The molecule has 142 valence electrons. The number of fused-ring (bicyclic) bond motifs is 1. The molecular formula is C21H35ClN2O. The lowest BCUT2D eigenvalue weighted by molar-refractivity contribution is -0.123. The Morgan fingerprint density at radius 3 is 2.44 bits per heavy atom. The fraction of sp³-hybridized carbons (Fsp3) is 0.667. The SMILES string of the molecule is CCCCCCN1CCc2c(C)cc(C)c(NC(=O)C(C)(C)C)c21.Cl. The summed E-state index contributed by atoms with van der Waals surface area (Å²) in [5.41, 5.74) is 5.87. The van der Waals surface area contributed by atoms with Gasteiger partial charge in [-0.05, 0) is 43.4 Å². The Labute approximate surface area is 160 Å². The minimum absolute atomic E-state index is 0. The molecule has 0 bridgehead atoms.